The van der Waals surface area contributed by atoms with E-state index < -0.39 is 4.92 Å². The zero-order valence-electron chi connectivity index (χ0n) is 13.4. The number of benzene rings is 2. The highest BCUT2D eigenvalue weighted by molar-refractivity contribution is 6.54. The molecule has 124 valence electrons. The Labute approximate surface area is 143 Å². The van der Waals surface area contributed by atoms with E-state index in [0.717, 1.165) is 11.3 Å². The number of likely N-dealkylation sites (N-methyl/N-ethyl adjacent to an activating group) is 1. The third-order valence-electron chi connectivity index (χ3n) is 3.75. The third kappa shape index (κ3) is 3.20. The normalized spacial score (nSPS) is 15.5. The molecule has 1 aliphatic rings. The molecule has 0 radical (unpaired) electrons. The second kappa shape index (κ2) is 6.88. The predicted octanol–water partition coefficient (Wildman–Crippen LogP) is 3.06. The molecular weight excluding hydrogens is 320 g/mol. The van der Waals surface area contributed by atoms with Gasteiger partial charge in [-0.2, -0.15) is 5.10 Å². The van der Waals surface area contributed by atoms with Gasteiger partial charge < -0.3 is 4.90 Å². The fourth-order valence-electron chi connectivity index (χ4n) is 2.52. The van der Waals surface area contributed by atoms with Gasteiger partial charge in [-0.05, 0) is 24.3 Å². The zero-order valence-corrected chi connectivity index (χ0v) is 13.4. The Bertz CT molecular complexity index is 931. The number of amides is 1. The van der Waals surface area contributed by atoms with Crippen LogP contribution in [0.5, 0.6) is 0 Å². The van der Waals surface area contributed by atoms with Gasteiger partial charge in [0, 0.05) is 24.9 Å². The summed E-state index contributed by atoms with van der Waals surface area (Å²) in [4.78, 5) is 24.2. The van der Waals surface area contributed by atoms with Crippen LogP contribution in [0.1, 0.15) is 11.1 Å². The fraction of sp³-hybridized carbons (Fsp3) is 0.0556. The molecule has 2 aromatic rings. The van der Waals surface area contributed by atoms with Crippen molar-refractivity contribution in [1.29, 1.82) is 0 Å². The Morgan fingerprint density at radius 1 is 1.12 bits per heavy atom. The molecule has 0 bridgehead atoms. The molecule has 0 spiro atoms. The highest BCUT2D eigenvalue weighted by atomic mass is 16.6. The fourth-order valence-corrected chi connectivity index (χ4v) is 2.52. The van der Waals surface area contributed by atoms with Crippen LogP contribution in [0.2, 0.25) is 0 Å². The standard InChI is InChI=1S/C18H14N4O3/c1-21-16-11-5-3-9-14(16)17(18(21)23)20-19-12-6-8-13-7-2-4-10-15(13)22(24)25/h2-12H,1H3/b8-6+,19-12-,20-17+. The first kappa shape index (κ1) is 16.3. The number of para-hydroxylation sites is 2. The van der Waals surface area contributed by atoms with E-state index in [1.165, 1.54) is 17.2 Å². The van der Waals surface area contributed by atoms with E-state index in [4.69, 9.17) is 0 Å². The summed E-state index contributed by atoms with van der Waals surface area (Å²) >= 11 is 0. The molecule has 0 aromatic heterocycles. The average Bonchev–Trinajstić information content (AvgIpc) is 2.86. The number of allylic oxidation sites excluding steroid dienone is 1. The number of carbonyl (C=O) groups excluding carboxylic acids is 1. The van der Waals surface area contributed by atoms with Crippen molar-refractivity contribution in [3.8, 4) is 0 Å². The summed E-state index contributed by atoms with van der Waals surface area (Å²) in [6.07, 6.45) is 4.50. The van der Waals surface area contributed by atoms with Gasteiger partial charge in [0.1, 0.15) is 0 Å². The maximum Gasteiger partial charge on any atom is 0.279 e. The van der Waals surface area contributed by atoms with E-state index in [9.17, 15) is 14.9 Å². The van der Waals surface area contributed by atoms with Crippen molar-refractivity contribution in [2.75, 3.05) is 11.9 Å². The molecule has 0 unspecified atom stereocenters. The minimum Gasteiger partial charge on any atom is -0.309 e. The van der Waals surface area contributed by atoms with Crippen LogP contribution >= 0.6 is 0 Å². The highest BCUT2D eigenvalue weighted by Crippen LogP contribution is 2.27. The van der Waals surface area contributed by atoms with E-state index in [0.29, 0.717) is 5.56 Å². The van der Waals surface area contributed by atoms with Gasteiger partial charge >= 0.3 is 0 Å². The minimum atomic E-state index is -0.443. The van der Waals surface area contributed by atoms with E-state index in [2.05, 4.69) is 10.2 Å². The molecule has 1 heterocycles. The summed E-state index contributed by atoms with van der Waals surface area (Å²) in [5.41, 5.74) is 2.27. The largest absolute Gasteiger partial charge is 0.309 e. The maximum absolute atomic E-state index is 12.2. The van der Waals surface area contributed by atoms with Gasteiger partial charge in [0.25, 0.3) is 11.6 Å². The Balaban J connectivity index is 1.79. The maximum atomic E-state index is 12.2. The van der Waals surface area contributed by atoms with Crippen molar-refractivity contribution in [2.45, 2.75) is 0 Å². The van der Waals surface area contributed by atoms with Gasteiger partial charge in [0.05, 0.1) is 16.2 Å². The molecule has 3 rings (SSSR count). The lowest BCUT2D eigenvalue weighted by molar-refractivity contribution is -0.385. The van der Waals surface area contributed by atoms with Gasteiger partial charge in [0.15, 0.2) is 5.71 Å². The molecule has 0 fully saturated rings. The first-order valence-corrected chi connectivity index (χ1v) is 7.48. The second-order valence-electron chi connectivity index (χ2n) is 5.27. The average molecular weight is 334 g/mol. The van der Waals surface area contributed by atoms with Crippen molar-refractivity contribution < 1.29 is 9.72 Å². The number of hydrogen-bond donors (Lipinski definition) is 0. The van der Waals surface area contributed by atoms with Crippen LogP contribution in [0.25, 0.3) is 6.08 Å². The number of fused-ring (bicyclic) bond motifs is 1. The Kier molecular flexibility index (Phi) is 4.47. The zero-order chi connectivity index (χ0) is 17.8. The molecule has 1 aliphatic heterocycles. The van der Waals surface area contributed by atoms with Crippen LogP contribution in [0.15, 0.2) is 64.8 Å². The summed E-state index contributed by atoms with van der Waals surface area (Å²) in [7, 11) is 1.68. The third-order valence-corrected chi connectivity index (χ3v) is 3.75. The molecular formula is C18H14N4O3. The number of carbonyl (C=O) groups is 1. The summed E-state index contributed by atoms with van der Waals surface area (Å²) < 4.78 is 0. The van der Waals surface area contributed by atoms with Crippen LogP contribution in [0, 0.1) is 10.1 Å². The molecule has 0 aliphatic carbocycles. The van der Waals surface area contributed by atoms with Crippen molar-refractivity contribution in [2.24, 2.45) is 10.2 Å². The lowest BCUT2D eigenvalue weighted by atomic mass is 10.1. The number of nitro groups is 1. The van der Waals surface area contributed by atoms with Crippen molar-refractivity contribution in [3.63, 3.8) is 0 Å². The second-order valence-corrected chi connectivity index (χ2v) is 5.27. The number of hydrogen-bond acceptors (Lipinski definition) is 5. The van der Waals surface area contributed by atoms with E-state index in [-0.39, 0.29) is 17.3 Å². The summed E-state index contributed by atoms with van der Waals surface area (Å²) in [6, 6.07) is 13.7. The van der Waals surface area contributed by atoms with Crippen molar-refractivity contribution in [1.82, 2.24) is 0 Å². The smallest absolute Gasteiger partial charge is 0.279 e. The number of anilines is 1. The number of nitro benzene ring substituents is 1. The van der Waals surface area contributed by atoms with Gasteiger partial charge in [0.2, 0.25) is 0 Å². The summed E-state index contributed by atoms with van der Waals surface area (Å²) in [5.74, 6) is -0.221. The first-order chi connectivity index (χ1) is 12.1. The van der Waals surface area contributed by atoms with Crippen LogP contribution in [-0.4, -0.2) is 29.8 Å². The van der Waals surface area contributed by atoms with Crippen LogP contribution < -0.4 is 4.90 Å². The minimum absolute atomic E-state index is 0.0139. The first-order valence-electron chi connectivity index (χ1n) is 7.48. The van der Waals surface area contributed by atoms with E-state index >= 15 is 0 Å². The molecule has 0 saturated carbocycles. The monoisotopic (exact) mass is 334 g/mol. The van der Waals surface area contributed by atoms with Gasteiger partial charge in [-0.15, -0.1) is 5.10 Å². The lowest BCUT2D eigenvalue weighted by Gasteiger charge is -2.07. The topological polar surface area (TPSA) is 88.2 Å². The summed E-state index contributed by atoms with van der Waals surface area (Å²) in [5, 5.41) is 18.8. The molecule has 25 heavy (non-hydrogen) atoms. The molecule has 7 heteroatoms. The molecule has 2 aromatic carbocycles. The molecule has 0 atom stereocenters. The van der Waals surface area contributed by atoms with Gasteiger partial charge in [-0.25, -0.2) is 0 Å². The van der Waals surface area contributed by atoms with Crippen LogP contribution in [0.4, 0.5) is 11.4 Å². The van der Waals surface area contributed by atoms with E-state index in [1.54, 1.807) is 37.4 Å². The van der Waals surface area contributed by atoms with E-state index in [1.807, 2.05) is 24.3 Å². The van der Waals surface area contributed by atoms with Crippen LogP contribution in [-0.2, 0) is 4.79 Å². The lowest BCUT2D eigenvalue weighted by Crippen LogP contribution is -2.25. The number of nitrogens with zero attached hydrogens (tertiary/aromatic N) is 4. The SMILES string of the molecule is CN1C(=O)/C(=N/N=C\C=C\c2ccccc2[N+](=O)[O-])c2ccccc21. The molecule has 0 N–H and O–H groups in total. The molecule has 0 saturated heterocycles. The predicted molar refractivity (Wildman–Crippen MR) is 97.0 cm³/mol. The summed E-state index contributed by atoms with van der Waals surface area (Å²) in [6.45, 7) is 0. The molecule has 1 amide bonds. The van der Waals surface area contributed by atoms with Gasteiger partial charge in [-0.3, -0.25) is 14.9 Å². The van der Waals surface area contributed by atoms with Crippen LogP contribution in [0.3, 0.4) is 0 Å². The van der Waals surface area contributed by atoms with Gasteiger partial charge in [-0.1, -0.05) is 30.3 Å². The Hall–Kier alpha value is -3.61. The van der Waals surface area contributed by atoms with Crippen molar-refractivity contribution >= 4 is 35.3 Å². The Morgan fingerprint density at radius 2 is 1.84 bits per heavy atom. The Morgan fingerprint density at radius 3 is 2.64 bits per heavy atom. The molecule has 7 nitrogen and oxygen atoms in total. The quantitative estimate of drug-likeness (QED) is 0.489. The van der Waals surface area contributed by atoms with Crippen molar-refractivity contribution in [3.05, 3.63) is 75.8 Å². The highest BCUT2D eigenvalue weighted by Gasteiger charge is 2.30. The number of rotatable bonds is 4.